The topological polar surface area (TPSA) is 50.1 Å². The molecule has 0 fully saturated rings. The SMILES string of the molecule is CC1=Nc2ccc(C)cc2C1=Cc1c(C(F)(F)F)[nH]n(-c2ccccc2)c1=O. The number of aliphatic imine (C=N–C) groups is 1. The van der Waals surface area contributed by atoms with Gasteiger partial charge < -0.3 is 0 Å². The first-order valence-electron chi connectivity index (χ1n) is 8.62. The second-order valence-electron chi connectivity index (χ2n) is 6.65. The second kappa shape index (κ2) is 6.37. The normalized spacial score (nSPS) is 15.0. The Bertz CT molecular complexity index is 1180. The van der Waals surface area contributed by atoms with Crippen LogP contribution in [0.1, 0.15) is 29.3 Å². The lowest BCUT2D eigenvalue weighted by molar-refractivity contribution is -0.141. The molecule has 0 amide bonds. The Morgan fingerprint density at radius 2 is 1.79 bits per heavy atom. The summed E-state index contributed by atoms with van der Waals surface area (Å²) < 4.78 is 41.8. The number of allylic oxidation sites excluding steroid dienone is 1. The molecule has 0 bridgehead atoms. The zero-order valence-corrected chi connectivity index (χ0v) is 15.1. The van der Waals surface area contributed by atoms with Crippen LogP contribution in [-0.2, 0) is 6.18 Å². The molecule has 0 saturated heterocycles. The van der Waals surface area contributed by atoms with Gasteiger partial charge in [-0.15, -0.1) is 0 Å². The number of halogens is 3. The third-order valence-electron chi connectivity index (χ3n) is 4.63. The molecule has 1 aliphatic rings. The number of hydrogen-bond donors (Lipinski definition) is 1. The van der Waals surface area contributed by atoms with Crippen molar-refractivity contribution in [3.63, 3.8) is 0 Å². The zero-order chi connectivity index (χ0) is 20.1. The van der Waals surface area contributed by atoms with Crippen LogP contribution in [0.3, 0.4) is 0 Å². The molecule has 1 aromatic heterocycles. The van der Waals surface area contributed by atoms with Crippen LogP contribution < -0.4 is 5.56 Å². The molecule has 7 heteroatoms. The third kappa shape index (κ3) is 2.98. The fourth-order valence-electron chi connectivity index (χ4n) is 3.28. The average molecular weight is 383 g/mol. The molecule has 4 rings (SSSR count). The van der Waals surface area contributed by atoms with Crippen LogP contribution in [0, 0.1) is 6.92 Å². The average Bonchev–Trinajstić information content (AvgIpc) is 3.14. The molecular formula is C21H16F3N3O. The Labute approximate surface area is 158 Å². The Kier molecular flexibility index (Phi) is 4.10. The van der Waals surface area contributed by atoms with Gasteiger partial charge in [-0.2, -0.15) is 13.2 Å². The summed E-state index contributed by atoms with van der Waals surface area (Å²) in [5, 5.41) is 2.23. The summed E-state index contributed by atoms with van der Waals surface area (Å²) in [4.78, 5) is 17.3. The lowest BCUT2D eigenvalue weighted by atomic mass is 9.99. The number of nitrogens with one attached hydrogen (secondary N) is 1. The number of aromatic nitrogens is 2. The van der Waals surface area contributed by atoms with Crippen molar-refractivity contribution in [1.29, 1.82) is 0 Å². The molecule has 0 unspecified atom stereocenters. The number of hydrogen-bond acceptors (Lipinski definition) is 2. The smallest absolute Gasteiger partial charge is 0.286 e. The van der Waals surface area contributed by atoms with Gasteiger partial charge in [0.15, 0.2) is 0 Å². The number of aryl methyl sites for hydroxylation is 1. The van der Waals surface area contributed by atoms with Gasteiger partial charge in [-0.25, -0.2) is 4.68 Å². The number of nitrogens with zero attached hydrogens (tertiary/aromatic N) is 2. The summed E-state index contributed by atoms with van der Waals surface area (Å²) >= 11 is 0. The molecule has 2 heterocycles. The maximum atomic E-state index is 13.6. The minimum atomic E-state index is -4.70. The van der Waals surface area contributed by atoms with Crippen molar-refractivity contribution in [3.05, 3.63) is 81.3 Å². The molecule has 0 aliphatic carbocycles. The highest BCUT2D eigenvalue weighted by atomic mass is 19.4. The van der Waals surface area contributed by atoms with E-state index in [1.54, 1.807) is 37.3 Å². The highest BCUT2D eigenvalue weighted by Crippen LogP contribution is 2.38. The molecule has 0 atom stereocenters. The predicted molar refractivity (Wildman–Crippen MR) is 103 cm³/mol. The van der Waals surface area contributed by atoms with Crippen LogP contribution >= 0.6 is 0 Å². The molecule has 0 saturated carbocycles. The Morgan fingerprint density at radius 3 is 2.46 bits per heavy atom. The summed E-state index contributed by atoms with van der Waals surface area (Å²) in [5.41, 5.74) is 1.50. The van der Waals surface area contributed by atoms with E-state index < -0.39 is 23.0 Å². The summed E-state index contributed by atoms with van der Waals surface area (Å²) in [7, 11) is 0. The summed E-state index contributed by atoms with van der Waals surface area (Å²) in [5.74, 6) is 0. The van der Waals surface area contributed by atoms with Crippen molar-refractivity contribution in [1.82, 2.24) is 9.78 Å². The van der Waals surface area contributed by atoms with Gasteiger partial charge >= 0.3 is 6.18 Å². The van der Waals surface area contributed by atoms with Crippen molar-refractivity contribution in [2.75, 3.05) is 0 Å². The zero-order valence-electron chi connectivity index (χ0n) is 15.1. The van der Waals surface area contributed by atoms with Gasteiger partial charge in [0.2, 0.25) is 0 Å². The van der Waals surface area contributed by atoms with E-state index >= 15 is 0 Å². The lowest BCUT2D eigenvalue weighted by Gasteiger charge is -2.06. The van der Waals surface area contributed by atoms with E-state index in [1.165, 1.54) is 6.08 Å². The predicted octanol–water partition coefficient (Wildman–Crippen LogP) is 5.14. The van der Waals surface area contributed by atoms with Gasteiger partial charge in [0, 0.05) is 16.8 Å². The van der Waals surface area contributed by atoms with Gasteiger partial charge in [0.25, 0.3) is 5.56 Å². The number of aromatic amines is 1. The Hall–Kier alpha value is -3.35. The second-order valence-corrected chi connectivity index (χ2v) is 6.65. The number of alkyl halides is 3. The van der Waals surface area contributed by atoms with Crippen molar-refractivity contribution in [2.24, 2.45) is 4.99 Å². The highest BCUT2D eigenvalue weighted by molar-refractivity contribution is 6.31. The first kappa shape index (κ1) is 18.0. The van der Waals surface area contributed by atoms with Crippen molar-refractivity contribution < 1.29 is 13.2 Å². The van der Waals surface area contributed by atoms with E-state index in [1.807, 2.05) is 25.1 Å². The molecule has 0 spiro atoms. The van der Waals surface area contributed by atoms with E-state index in [4.69, 9.17) is 0 Å². The van der Waals surface area contributed by atoms with E-state index in [-0.39, 0.29) is 0 Å². The summed E-state index contributed by atoms with van der Waals surface area (Å²) in [6.07, 6.45) is -3.42. The van der Waals surface area contributed by atoms with Crippen molar-refractivity contribution in [3.8, 4) is 5.69 Å². The Balaban J connectivity index is 1.95. The minimum Gasteiger partial charge on any atom is -0.286 e. The number of fused-ring (bicyclic) bond motifs is 1. The van der Waals surface area contributed by atoms with E-state index in [0.29, 0.717) is 22.7 Å². The number of para-hydroxylation sites is 1. The summed E-state index contributed by atoms with van der Waals surface area (Å²) in [6, 6.07) is 13.7. The van der Waals surface area contributed by atoms with Crippen LogP contribution in [0.2, 0.25) is 0 Å². The van der Waals surface area contributed by atoms with Crippen LogP contribution in [-0.4, -0.2) is 15.5 Å². The number of benzene rings is 2. The molecule has 28 heavy (non-hydrogen) atoms. The largest absolute Gasteiger partial charge is 0.433 e. The minimum absolute atomic E-state index is 0.329. The molecule has 1 N–H and O–H groups in total. The monoisotopic (exact) mass is 383 g/mol. The fraction of sp³-hybridized carbons (Fsp3) is 0.143. The number of H-pyrrole nitrogens is 1. The Morgan fingerprint density at radius 1 is 1.07 bits per heavy atom. The highest BCUT2D eigenvalue weighted by Gasteiger charge is 2.38. The standard InChI is InChI=1S/C21H16F3N3O/c1-12-8-9-18-16(10-12)15(13(2)25-18)11-17-19(21(22,23)24)26-27(20(17)28)14-6-4-3-5-7-14/h3-11,26H,1-2H3. The van der Waals surface area contributed by atoms with Crippen LogP contribution in [0.5, 0.6) is 0 Å². The van der Waals surface area contributed by atoms with Gasteiger partial charge in [-0.1, -0.05) is 29.8 Å². The van der Waals surface area contributed by atoms with Gasteiger partial charge in [-0.3, -0.25) is 14.9 Å². The van der Waals surface area contributed by atoms with Crippen LogP contribution in [0.15, 0.2) is 58.3 Å². The molecule has 1 aliphatic heterocycles. The molecule has 142 valence electrons. The molecular weight excluding hydrogens is 367 g/mol. The van der Waals surface area contributed by atoms with Gasteiger partial charge in [-0.05, 0) is 44.2 Å². The third-order valence-corrected chi connectivity index (χ3v) is 4.63. The summed E-state index contributed by atoms with van der Waals surface area (Å²) in [6.45, 7) is 3.61. The van der Waals surface area contributed by atoms with E-state index in [0.717, 1.165) is 15.8 Å². The molecule has 4 nitrogen and oxygen atoms in total. The molecule has 3 aromatic rings. The van der Waals surface area contributed by atoms with Gasteiger partial charge in [0.05, 0.1) is 16.9 Å². The lowest BCUT2D eigenvalue weighted by Crippen LogP contribution is -2.16. The quantitative estimate of drug-likeness (QED) is 0.655. The fourth-order valence-corrected chi connectivity index (χ4v) is 3.28. The van der Waals surface area contributed by atoms with Crippen molar-refractivity contribution >= 4 is 23.0 Å². The first-order valence-corrected chi connectivity index (χ1v) is 8.62. The van der Waals surface area contributed by atoms with Crippen LogP contribution in [0.25, 0.3) is 17.3 Å². The van der Waals surface area contributed by atoms with Crippen LogP contribution in [0.4, 0.5) is 18.9 Å². The van der Waals surface area contributed by atoms with Crippen molar-refractivity contribution in [2.45, 2.75) is 20.0 Å². The van der Waals surface area contributed by atoms with E-state index in [2.05, 4.69) is 10.1 Å². The number of rotatable bonds is 2. The maximum Gasteiger partial charge on any atom is 0.433 e. The maximum absolute atomic E-state index is 13.6. The first-order chi connectivity index (χ1) is 13.3. The molecule has 0 radical (unpaired) electrons. The van der Waals surface area contributed by atoms with E-state index in [9.17, 15) is 18.0 Å². The van der Waals surface area contributed by atoms with Gasteiger partial charge in [0.1, 0.15) is 5.69 Å². The molecule has 2 aromatic carbocycles.